The molecule has 1 aliphatic rings. The van der Waals surface area contributed by atoms with Crippen molar-refractivity contribution in [1.29, 1.82) is 0 Å². The second kappa shape index (κ2) is 6.66. The molecule has 15 heavy (non-hydrogen) atoms. The molecule has 1 aromatic carbocycles. The van der Waals surface area contributed by atoms with E-state index in [9.17, 15) is 0 Å². The van der Waals surface area contributed by atoms with Crippen molar-refractivity contribution in [3.63, 3.8) is 0 Å². The third-order valence-electron chi connectivity index (χ3n) is 1.78. The van der Waals surface area contributed by atoms with E-state index in [1.54, 1.807) is 11.1 Å². The van der Waals surface area contributed by atoms with E-state index in [1.165, 1.54) is 12.8 Å². The molecule has 0 unspecified atom stereocenters. The Hall–Kier alpha value is -0.780. The Morgan fingerprint density at radius 3 is 1.20 bits per heavy atom. The zero-order valence-electron chi connectivity index (χ0n) is 11.2. The minimum atomic E-state index is 0.500. The fourth-order valence-corrected chi connectivity index (χ4v) is 1.14. The minimum absolute atomic E-state index is 0.500. The first-order valence-corrected chi connectivity index (χ1v) is 6.03. The molecule has 0 heterocycles. The van der Waals surface area contributed by atoms with Crippen LogP contribution in [0.15, 0.2) is 24.3 Å². The summed E-state index contributed by atoms with van der Waals surface area (Å²) in [4.78, 5) is 0. The molecule has 0 N–H and O–H groups in total. The lowest BCUT2D eigenvalue weighted by Gasteiger charge is -2.16. The van der Waals surface area contributed by atoms with Gasteiger partial charge in [0, 0.05) is 0 Å². The molecule has 0 spiro atoms. The molecular formula is C15H26. The van der Waals surface area contributed by atoms with Gasteiger partial charge in [0.25, 0.3) is 0 Å². The van der Waals surface area contributed by atoms with Crippen molar-refractivity contribution in [1.82, 2.24) is 0 Å². The van der Waals surface area contributed by atoms with Crippen LogP contribution in [0.3, 0.4) is 0 Å². The highest BCUT2D eigenvalue weighted by molar-refractivity contribution is 5.34. The standard InChI is InChI=1S/C8H8.C5H12.C2H6/c1-2-4-8-6-5-7(8)3-1;1-5(2,3)4;1-2/h1-4H,5-6H2;1-4H3;1-2H3. The van der Waals surface area contributed by atoms with Crippen LogP contribution in [-0.2, 0) is 12.8 Å². The topological polar surface area (TPSA) is 0 Å². The number of hydrogen-bond acceptors (Lipinski definition) is 0. The molecule has 0 heteroatoms. The van der Waals surface area contributed by atoms with Crippen molar-refractivity contribution in [2.75, 3.05) is 0 Å². The zero-order chi connectivity index (χ0) is 11.9. The zero-order valence-corrected chi connectivity index (χ0v) is 11.2. The monoisotopic (exact) mass is 206 g/mol. The first-order chi connectivity index (χ1) is 6.97. The fourth-order valence-electron chi connectivity index (χ4n) is 1.14. The maximum atomic E-state index is 2.21. The normalized spacial score (nSPS) is 12.1. The molecule has 0 bridgehead atoms. The molecule has 86 valence electrons. The van der Waals surface area contributed by atoms with Gasteiger partial charge >= 0.3 is 0 Å². The van der Waals surface area contributed by atoms with E-state index in [-0.39, 0.29) is 0 Å². The lowest BCUT2D eigenvalue weighted by atomic mass is 9.89. The van der Waals surface area contributed by atoms with E-state index in [4.69, 9.17) is 0 Å². The van der Waals surface area contributed by atoms with Crippen molar-refractivity contribution in [2.45, 2.75) is 54.4 Å². The largest absolute Gasteiger partial charge is 0.0683 e. The Labute approximate surface area is 95.7 Å². The molecule has 0 aromatic heterocycles. The summed E-state index contributed by atoms with van der Waals surface area (Å²) in [7, 11) is 0. The number of aryl methyl sites for hydroxylation is 2. The third kappa shape index (κ3) is 7.18. The predicted octanol–water partition coefficient (Wildman–Crippen LogP) is 4.86. The van der Waals surface area contributed by atoms with Crippen molar-refractivity contribution in [3.05, 3.63) is 35.4 Å². The molecule has 0 amide bonds. The molecule has 1 aliphatic carbocycles. The van der Waals surface area contributed by atoms with Crippen molar-refractivity contribution >= 4 is 0 Å². The smallest absolute Gasteiger partial charge is 0.0235 e. The van der Waals surface area contributed by atoms with Gasteiger partial charge in [0.1, 0.15) is 0 Å². The van der Waals surface area contributed by atoms with Crippen LogP contribution in [0, 0.1) is 5.41 Å². The Morgan fingerprint density at radius 2 is 1.07 bits per heavy atom. The first-order valence-electron chi connectivity index (χ1n) is 6.03. The summed E-state index contributed by atoms with van der Waals surface area (Å²) in [6.07, 6.45) is 2.60. The molecular weight excluding hydrogens is 180 g/mol. The quantitative estimate of drug-likeness (QED) is 0.568. The first kappa shape index (κ1) is 14.2. The summed E-state index contributed by atoms with van der Waals surface area (Å²) in [5.41, 5.74) is 3.60. The number of hydrogen-bond donors (Lipinski definition) is 0. The number of rotatable bonds is 0. The molecule has 0 radical (unpaired) electrons. The van der Waals surface area contributed by atoms with Crippen LogP contribution < -0.4 is 0 Å². The van der Waals surface area contributed by atoms with Gasteiger partial charge in [-0.1, -0.05) is 65.8 Å². The number of fused-ring (bicyclic) bond motifs is 1. The van der Waals surface area contributed by atoms with Gasteiger partial charge in [-0.3, -0.25) is 0 Å². The summed E-state index contributed by atoms with van der Waals surface area (Å²) < 4.78 is 0. The van der Waals surface area contributed by atoms with Crippen molar-refractivity contribution in [2.24, 2.45) is 5.41 Å². The van der Waals surface area contributed by atoms with Gasteiger partial charge in [-0.15, -0.1) is 0 Å². The second-order valence-electron chi connectivity index (χ2n) is 5.27. The minimum Gasteiger partial charge on any atom is -0.0683 e. The summed E-state index contributed by atoms with van der Waals surface area (Å²) in [6, 6.07) is 8.63. The molecule has 0 atom stereocenters. The molecule has 0 saturated carbocycles. The van der Waals surface area contributed by atoms with Gasteiger partial charge in [-0.25, -0.2) is 0 Å². The van der Waals surface area contributed by atoms with Gasteiger partial charge in [0.05, 0.1) is 0 Å². The van der Waals surface area contributed by atoms with Crippen LogP contribution in [0.2, 0.25) is 0 Å². The summed E-state index contributed by atoms with van der Waals surface area (Å²) in [5, 5.41) is 0. The Morgan fingerprint density at radius 1 is 0.800 bits per heavy atom. The highest BCUT2D eigenvalue weighted by atomic mass is 14.1. The lowest BCUT2D eigenvalue weighted by molar-refractivity contribution is 0.469. The van der Waals surface area contributed by atoms with Crippen LogP contribution >= 0.6 is 0 Å². The van der Waals surface area contributed by atoms with Gasteiger partial charge in [-0.05, 0) is 29.4 Å². The van der Waals surface area contributed by atoms with E-state index in [0.717, 1.165) is 0 Å². The molecule has 0 saturated heterocycles. The highest BCUT2D eigenvalue weighted by Crippen LogP contribution is 2.20. The van der Waals surface area contributed by atoms with Crippen LogP contribution in [0.25, 0.3) is 0 Å². The van der Waals surface area contributed by atoms with Crippen LogP contribution in [0.5, 0.6) is 0 Å². The van der Waals surface area contributed by atoms with Crippen molar-refractivity contribution < 1.29 is 0 Å². The Bertz CT molecular complexity index is 237. The molecule has 0 nitrogen and oxygen atoms in total. The van der Waals surface area contributed by atoms with Gasteiger partial charge in [0.2, 0.25) is 0 Å². The summed E-state index contributed by atoms with van der Waals surface area (Å²) in [5.74, 6) is 0. The van der Waals surface area contributed by atoms with E-state index in [1.807, 2.05) is 13.8 Å². The van der Waals surface area contributed by atoms with Gasteiger partial charge < -0.3 is 0 Å². The summed E-state index contributed by atoms with van der Waals surface area (Å²) in [6.45, 7) is 12.8. The fraction of sp³-hybridized carbons (Fsp3) is 0.600. The van der Waals surface area contributed by atoms with E-state index in [0.29, 0.717) is 5.41 Å². The maximum absolute atomic E-state index is 2.21. The van der Waals surface area contributed by atoms with E-state index < -0.39 is 0 Å². The van der Waals surface area contributed by atoms with Gasteiger partial charge in [0.15, 0.2) is 0 Å². The van der Waals surface area contributed by atoms with Crippen LogP contribution in [0.4, 0.5) is 0 Å². The molecule has 2 rings (SSSR count). The number of benzene rings is 1. The molecule has 0 fully saturated rings. The summed E-state index contributed by atoms with van der Waals surface area (Å²) >= 11 is 0. The molecule has 0 aliphatic heterocycles. The highest BCUT2D eigenvalue weighted by Gasteiger charge is 2.09. The SMILES string of the molecule is CC.CC(C)(C)C.c1ccc2c(c1)CC2. The van der Waals surface area contributed by atoms with Crippen LogP contribution in [-0.4, -0.2) is 0 Å². The van der Waals surface area contributed by atoms with E-state index in [2.05, 4.69) is 52.0 Å². The van der Waals surface area contributed by atoms with E-state index >= 15 is 0 Å². The maximum Gasteiger partial charge on any atom is -0.0235 e. The van der Waals surface area contributed by atoms with Crippen molar-refractivity contribution in [3.8, 4) is 0 Å². The Balaban J connectivity index is 0.000000247. The Kier molecular flexibility index (Phi) is 6.31. The lowest BCUT2D eigenvalue weighted by Crippen LogP contribution is -2.06. The predicted molar refractivity (Wildman–Crippen MR) is 70.3 cm³/mol. The third-order valence-corrected chi connectivity index (χ3v) is 1.78. The average Bonchev–Trinajstić information content (AvgIpc) is 2.08. The van der Waals surface area contributed by atoms with Crippen LogP contribution in [0.1, 0.15) is 52.7 Å². The molecule has 1 aromatic rings. The van der Waals surface area contributed by atoms with Gasteiger partial charge in [-0.2, -0.15) is 0 Å². The average molecular weight is 206 g/mol. The second-order valence-corrected chi connectivity index (χ2v) is 5.27.